The molecule has 1 aromatic carbocycles. The Kier molecular flexibility index (Phi) is 4.95. The number of carbonyl (C=O) groups is 1. The monoisotopic (exact) mass is 310 g/mol. The highest BCUT2D eigenvalue weighted by Crippen LogP contribution is 2.26. The number of carboxylic acid groups (broad SMARTS) is 1. The van der Waals surface area contributed by atoms with Crippen LogP contribution >= 0.6 is 11.8 Å². The molecule has 2 unspecified atom stereocenters. The summed E-state index contributed by atoms with van der Waals surface area (Å²) >= 11 is 1.26. The van der Waals surface area contributed by atoms with Crippen molar-refractivity contribution in [1.29, 1.82) is 0 Å². The molecule has 0 aliphatic rings. The summed E-state index contributed by atoms with van der Waals surface area (Å²) in [6.07, 6.45) is 0. The molecule has 2 aromatic rings. The van der Waals surface area contributed by atoms with Crippen molar-refractivity contribution in [3.63, 3.8) is 0 Å². The molecule has 7 heteroatoms. The second kappa shape index (κ2) is 6.71. The van der Waals surface area contributed by atoms with Crippen molar-refractivity contribution in [2.45, 2.75) is 30.4 Å². The summed E-state index contributed by atoms with van der Waals surface area (Å²) in [5.41, 5.74) is 0. The summed E-state index contributed by atoms with van der Waals surface area (Å²) in [5, 5.41) is 12.8. The van der Waals surface area contributed by atoms with Crippen molar-refractivity contribution >= 4 is 17.7 Å². The zero-order valence-corrected chi connectivity index (χ0v) is 12.4. The van der Waals surface area contributed by atoms with Crippen LogP contribution in [0.4, 0.5) is 4.39 Å². The molecule has 0 aliphatic carbocycles. The number of carboxylic acids is 1. The van der Waals surface area contributed by atoms with E-state index >= 15 is 0 Å². The summed E-state index contributed by atoms with van der Waals surface area (Å²) < 4.78 is 18.6. The number of aromatic nitrogens is 2. The van der Waals surface area contributed by atoms with Gasteiger partial charge in [0.25, 0.3) is 0 Å². The first-order valence-electron chi connectivity index (χ1n) is 6.41. The molecule has 0 saturated carbocycles. The fraction of sp³-hybridized carbons (Fsp3) is 0.357. The van der Waals surface area contributed by atoms with Crippen LogP contribution in [0.1, 0.15) is 31.5 Å². The predicted molar refractivity (Wildman–Crippen MR) is 75.5 cm³/mol. The molecule has 0 radical (unpaired) electrons. The average Bonchev–Trinajstić information content (AvgIpc) is 2.93. The second-order valence-corrected chi connectivity index (χ2v) is 5.70. The van der Waals surface area contributed by atoms with Gasteiger partial charge in [-0.1, -0.05) is 31.1 Å². The Labute approximate surface area is 125 Å². The number of hydrogen-bond donors (Lipinski definition) is 1. The van der Waals surface area contributed by atoms with Crippen molar-refractivity contribution in [3.05, 3.63) is 41.8 Å². The van der Waals surface area contributed by atoms with Crippen LogP contribution in [0, 0.1) is 11.7 Å². The van der Waals surface area contributed by atoms with Crippen molar-refractivity contribution in [3.8, 4) is 0 Å². The smallest absolute Gasteiger partial charge is 0.307 e. The standard InChI is InChI=1S/C14H15FN2O3S/c1-8(9(2)14(18)19)13-16-12(17-20-13)7-21-11-6-4-3-5-10(11)15/h3-6,8-9H,7H2,1-2H3,(H,18,19). The van der Waals surface area contributed by atoms with E-state index in [1.807, 2.05) is 0 Å². The SMILES string of the molecule is CC(C(=O)O)C(C)c1nc(CSc2ccccc2F)no1. The van der Waals surface area contributed by atoms with Crippen molar-refractivity contribution in [2.75, 3.05) is 0 Å². The molecule has 0 aliphatic heterocycles. The maximum Gasteiger partial charge on any atom is 0.307 e. The summed E-state index contributed by atoms with van der Waals surface area (Å²) in [6.45, 7) is 3.31. The minimum Gasteiger partial charge on any atom is -0.481 e. The Morgan fingerprint density at radius 3 is 2.81 bits per heavy atom. The molecule has 5 nitrogen and oxygen atoms in total. The number of aliphatic carboxylic acids is 1. The number of nitrogens with zero attached hydrogens (tertiary/aromatic N) is 2. The molecular weight excluding hydrogens is 295 g/mol. The van der Waals surface area contributed by atoms with Gasteiger partial charge < -0.3 is 9.63 Å². The lowest BCUT2D eigenvalue weighted by molar-refractivity contribution is -0.141. The minimum atomic E-state index is -0.914. The molecule has 1 heterocycles. The molecule has 2 rings (SSSR count). The van der Waals surface area contributed by atoms with E-state index in [4.69, 9.17) is 9.63 Å². The second-order valence-electron chi connectivity index (χ2n) is 4.68. The van der Waals surface area contributed by atoms with Crippen molar-refractivity contribution < 1.29 is 18.8 Å². The van der Waals surface area contributed by atoms with E-state index in [-0.39, 0.29) is 17.6 Å². The van der Waals surface area contributed by atoms with E-state index < -0.39 is 11.9 Å². The molecule has 2 atom stereocenters. The largest absolute Gasteiger partial charge is 0.481 e. The summed E-state index contributed by atoms with van der Waals surface area (Å²) in [4.78, 5) is 15.6. The van der Waals surface area contributed by atoms with E-state index in [1.165, 1.54) is 17.8 Å². The molecule has 0 spiro atoms. The zero-order chi connectivity index (χ0) is 15.4. The lowest BCUT2D eigenvalue weighted by Crippen LogP contribution is -2.16. The summed E-state index contributed by atoms with van der Waals surface area (Å²) in [5.74, 6) is -1.13. The Morgan fingerprint density at radius 1 is 1.43 bits per heavy atom. The number of benzene rings is 1. The van der Waals surface area contributed by atoms with Crippen molar-refractivity contribution in [1.82, 2.24) is 10.1 Å². The van der Waals surface area contributed by atoms with Crippen LogP contribution in [0.5, 0.6) is 0 Å². The fourth-order valence-corrected chi connectivity index (χ4v) is 2.43. The first-order chi connectivity index (χ1) is 9.99. The Balaban J connectivity index is 2.01. The lowest BCUT2D eigenvalue weighted by atomic mass is 9.96. The van der Waals surface area contributed by atoms with Gasteiger partial charge in [0, 0.05) is 10.8 Å². The molecule has 1 N–H and O–H groups in total. The lowest BCUT2D eigenvalue weighted by Gasteiger charge is -2.10. The van der Waals surface area contributed by atoms with E-state index in [9.17, 15) is 9.18 Å². The van der Waals surface area contributed by atoms with Gasteiger partial charge in [-0.15, -0.1) is 11.8 Å². The van der Waals surface area contributed by atoms with E-state index in [0.717, 1.165) is 0 Å². The van der Waals surface area contributed by atoms with Gasteiger partial charge >= 0.3 is 5.97 Å². The molecule has 112 valence electrons. The average molecular weight is 310 g/mol. The zero-order valence-electron chi connectivity index (χ0n) is 11.6. The third-order valence-corrected chi connectivity index (χ3v) is 4.25. The van der Waals surface area contributed by atoms with E-state index in [2.05, 4.69) is 10.1 Å². The van der Waals surface area contributed by atoms with Crippen LogP contribution < -0.4 is 0 Å². The maximum atomic E-state index is 13.5. The third kappa shape index (κ3) is 3.81. The van der Waals surface area contributed by atoms with Gasteiger partial charge in [0.1, 0.15) is 5.82 Å². The van der Waals surface area contributed by atoms with Crippen LogP contribution in [0.2, 0.25) is 0 Å². The predicted octanol–water partition coefficient (Wildman–Crippen LogP) is 3.33. The highest BCUT2D eigenvalue weighted by molar-refractivity contribution is 7.98. The van der Waals surface area contributed by atoms with Crippen molar-refractivity contribution in [2.24, 2.45) is 5.92 Å². The molecule has 21 heavy (non-hydrogen) atoms. The van der Waals surface area contributed by atoms with E-state index in [0.29, 0.717) is 16.5 Å². The van der Waals surface area contributed by atoms with Gasteiger partial charge in [-0.05, 0) is 12.1 Å². The van der Waals surface area contributed by atoms with Gasteiger partial charge in [0.05, 0.1) is 11.7 Å². The molecule has 0 bridgehead atoms. The molecular formula is C14H15FN2O3S. The Morgan fingerprint density at radius 2 is 2.14 bits per heavy atom. The highest BCUT2D eigenvalue weighted by atomic mass is 32.2. The van der Waals surface area contributed by atoms with Gasteiger partial charge in [-0.2, -0.15) is 4.98 Å². The molecule has 1 aromatic heterocycles. The summed E-state index contributed by atoms with van der Waals surface area (Å²) in [7, 11) is 0. The minimum absolute atomic E-state index is 0.286. The van der Waals surface area contributed by atoms with Crippen LogP contribution in [0.3, 0.4) is 0 Å². The number of halogens is 1. The van der Waals surface area contributed by atoms with Gasteiger partial charge in [-0.25, -0.2) is 4.39 Å². The maximum absolute atomic E-state index is 13.5. The summed E-state index contributed by atoms with van der Waals surface area (Å²) in [6, 6.07) is 6.45. The molecule has 0 amide bonds. The topological polar surface area (TPSA) is 76.2 Å². The molecule has 0 fully saturated rings. The van der Waals surface area contributed by atoms with Gasteiger partial charge in [-0.3, -0.25) is 4.79 Å². The number of rotatable bonds is 6. The van der Waals surface area contributed by atoms with Gasteiger partial charge in [0.15, 0.2) is 5.82 Å². The molecule has 0 saturated heterocycles. The van der Waals surface area contributed by atoms with Crippen LogP contribution in [-0.2, 0) is 10.5 Å². The van der Waals surface area contributed by atoms with Gasteiger partial charge in [0.2, 0.25) is 5.89 Å². The van der Waals surface area contributed by atoms with Crippen LogP contribution in [0.25, 0.3) is 0 Å². The fourth-order valence-electron chi connectivity index (χ4n) is 1.64. The Bertz CT molecular complexity index is 632. The number of thioether (sulfide) groups is 1. The van der Waals surface area contributed by atoms with E-state index in [1.54, 1.807) is 32.0 Å². The quantitative estimate of drug-likeness (QED) is 0.825. The first-order valence-corrected chi connectivity index (χ1v) is 7.40. The highest BCUT2D eigenvalue weighted by Gasteiger charge is 2.25. The Hall–Kier alpha value is -1.89. The normalized spacial score (nSPS) is 13.9. The van der Waals surface area contributed by atoms with Crippen LogP contribution in [0.15, 0.2) is 33.7 Å². The third-order valence-electron chi connectivity index (χ3n) is 3.21. The number of hydrogen-bond acceptors (Lipinski definition) is 5. The van der Waals surface area contributed by atoms with Crippen LogP contribution in [-0.4, -0.2) is 21.2 Å². The first kappa shape index (κ1) is 15.5.